The second-order valence-corrected chi connectivity index (χ2v) is 6.25. The number of nitrogens with one attached hydrogen (secondary N) is 3. The first-order valence-corrected chi connectivity index (χ1v) is 8.79. The third-order valence-electron chi connectivity index (χ3n) is 4.23. The van der Waals surface area contributed by atoms with E-state index in [0.717, 1.165) is 17.0 Å². The predicted octanol–water partition coefficient (Wildman–Crippen LogP) is 3.68. The molecule has 0 radical (unpaired) electrons. The molecule has 2 amide bonds. The van der Waals surface area contributed by atoms with E-state index < -0.39 is 0 Å². The molecule has 1 heterocycles. The van der Waals surface area contributed by atoms with E-state index in [1.807, 2.05) is 44.2 Å². The van der Waals surface area contributed by atoms with Crippen molar-refractivity contribution in [2.75, 3.05) is 19.5 Å². The van der Waals surface area contributed by atoms with Gasteiger partial charge in [-0.05, 0) is 38.1 Å². The third-order valence-corrected chi connectivity index (χ3v) is 4.23. The van der Waals surface area contributed by atoms with Crippen LogP contribution in [0.3, 0.4) is 0 Å². The Hall–Kier alpha value is -3.55. The molecule has 3 rings (SSSR count). The molecule has 3 aromatic rings. The summed E-state index contributed by atoms with van der Waals surface area (Å²) in [5, 5.41) is 12.7. The minimum atomic E-state index is -0.325. The van der Waals surface area contributed by atoms with Crippen LogP contribution in [-0.4, -0.2) is 35.4 Å². The van der Waals surface area contributed by atoms with Gasteiger partial charge in [0.2, 0.25) is 0 Å². The van der Waals surface area contributed by atoms with Crippen molar-refractivity contribution >= 4 is 11.7 Å². The molecule has 8 nitrogen and oxygen atoms in total. The Balaban J connectivity index is 1.69. The average molecular weight is 381 g/mol. The summed E-state index contributed by atoms with van der Waals surface area (Å²) >= 11 is 0. The molecule has 146 valence electrons. The van der Waals surface area contributed by atoms with Gasteiger partial charge in [-0.25, -0.2) is 9.78 Å². The van der Waals surface area contributed by atoms with Crippen LogP contribution in [0.5, 0.6) is 11.5 Å². The zero-order valence-electron chi connectivity index (χ0n) is 16.2. The highest BCUT2D eigenvalue weighted by atomic mass is 16.5. The maximum Gasteiger partial charge on any atom is 0.319 e. The zero-order valence-corrected chi connectivity index (χ0v) is 16.2. The standard InChI is InChI=1S/C20H23N5O3/c1-12(17-9-8-16(27-3)11-18(17)28-4)21-20(26)23-15-7-5-6-14(10-15)19-22-13(2)24-25-19/h5-12H,1-4H3,(H2,21,23,26)(H,22,24,25). The van der Waals surface area contributed by atoms with Gasteiger partial charge in [-0.1, -0.05) is 12.1 Å². The van der Waals surface area contributed by atoms with Crippen LogP contribution in [0.25, 0.3) is 11.4 Å². The van der Waals surface area contributed by atoms with Crippen LogP contribution in [-0.2, 0) is 0 Å². The van der Waals surface area contributed by atoms with Gasteiger partial charge in [-0.15, -0.1) is 0 Å². The number of carbonyl (C=O) groups excluding carboxylic acids is 1. The maximum absolute atomic E-state index is 12.4. The van der Waals surface area contributed by atoms with Crippen LogP contribution in [0.1, 0.15) is 24.4 Å². The van der Waals surface area contributed by atoms with Crippen LogP contribution in [0, 0.1) is 6.92 Å². The number of ether oxygens (including phenoxy) is 2. The number of anilines is 1. The molecule has 0 aliphatic carbocycles. The molecule has 0 spiro atoms. The summed E-state index contributed by atoms with van der Waals surface area (Å²) in [7, 11) is 3.18. The topological polar surface area (TPSA) is 101 Å². The van der Waals surface area contributed by atoms with Crippen molar-refractivity contribution in [1.82, 2.24) is 20.5 Å². The summed E-state index contributed by atoms with van der Waals surface area (Å²) in [4.78, 5) is 16.7. The van der Waals surface area contributed by atoms with E-state index in [-0.39, 0.29) is 12.1 Å². The Labute approximate surface area is 163 Å². The molecular weight excluding hydrogens is 358 g/mol. The highest BCUT2D eigenvalue weighted by molar-refractivity contribution is 5.90. The number of methoxy groups -OCH3 is 2. The normalized spacial score (nSPS) is 11.6. The summed E-state index contributed by atoms with van der Waals surface area (Å²) in [6.45, 7) is 3.72. The number of aromatic amines is 1. The first-order valence-electron chi connectivity index (χ1n) is 8.79. The van der Waals surface area contributed by atoms with Crippen molar-refractivity contribution in [3.8, 4) is 22.9 Å². The van der Waals surface area contributed by atoms with Crippen LogP contribution >= 0.6 is 0 Å². The summed E-state index contributed by atoms with van der Waals surface area (Å²) in [6.07, 6.45) is 0. The lowest BCUT2D eigenvalue weighted by atomic mass is 10.1. The van der Waals surface area contributed by atoms with E-state index in [9.17, 15) is 4.79 Å². The monoisotopic (exact) mass is 381 g/mol. The Morgan fingerprint density at radius 1 is 1.14 bits per heavy atom. The number of hydrogen-bond donors (Lipinski definition) is 3. The second-order valence-electron chi connectivity index (χ2n) is 6.25. The first-order chi connectivity index (χ1) is 13.5. The minimum Gasteiger partial charge on any atom is -0.497 e. The Bertz CT molecular complexity index is 970. The van der Waals surface area contributed by atoms with Gasteiger partial charge in [0, 0.05) is 22.9 Å². The summed E-state index contributed by atoms with van der Waals surface area (Å²) < 4.78 is 10.6. The first kappa shape index (κ1) is 19.2. The molecule has 0 saturated carbocycles. The number of H-pyrrole nitrogens is 1. The van der Waals surface area contributed by atoms with Crippen LogP contribution in [0.2, 0.25) is 0 Å². The lowest BCUT2D eigenvalue weighted by Gasteiger charge is -2.18. The maximum atomic E-state index is 12.4. The van der Waals surface area contributed by atoms with Crippen molar-refractivity contribution in [1.29, 1.82) is 0 Å². The van der Waals surface area contributed by atoms with E-state index in [4.69, 9.17) is 9.47 Å². The molecule has 0 fully saturated rings. The SMILES string of the molecule is COc1ccc(C(C)NC(=O)Nc2cccc(-c3n[nH]c(C)n3)c2)c(OC)c1. The van der Waals surface area contributed by atoms with E-state index in [0.29, 0.717) is 23.0 Å². The molecule has 0 aliphatic rings. The largest absolute Gasteiger partial charge is 0.497 e. The Morgan fingerprint density at radius 2 is 1.96 bits per heavy atom. The molecule has 1 atom stereocenters. The molecule has 0 saturated heterocycles. The highest BCUT2D eigenvalue weighted by Crippen LogP contribution is 2.29. The fraction of sp³-hybridized carbons (Fsp3) is 0.250. The van der Waals surface area contributed by atoms with Gasteiger partial charge in [0.05, 0.1) is 20.3 Å². The van der Waals surface area contributed by atoms with Crippen LogP contribution < -0.4 is 20.1 Å². The Kier molecular flexibility index (Phi) is 5.78. The lowest BCUT2D eigenvalue weighted by Crippen LogP contribution is -2.31. The average Bonchev–Trinajstić information content (AvgIpc) is 3.13. The smallest absolute Gasteiger partial charge is 0.319 e. The molecule has 3 N–H and O–H groups in total. The number of benzene rings is 2. The van der Waals surface area contributed by atoms with Gasteiger partial charge in [0.15, 0.2) is 5.82 Å². The minimum absolute atomic E-state index is 0.264. The van der Waals surface area contributed by atoms with Gasteiger partial charge in [-0.3, -0.25) is 5.10 Å². The Morgan fingerprint density at radius 3 is 2.64 bits per heavy atom. The summed E-state index contributed by atoms with van der Waals surface area (Å²) in [5.74, 6) is 2.65. The number of aryl methyl sites for hydroxylation is 1. The van der Waals surface area contributed by atoms with Crippen molar-refractivity contribution in [3.05, 3.63) is 53.9 Å². The van der Waals surface area contributed by atoms with E-state index in [1.54, 1.807) is 26.4 Å². The number of aromatic nitrogens is 3. The lowest BCUT2D eigenvalue weighted by molar-refractivity contribution is 0.249. The van der Waals surface area contributed by atoms with Crippen LogP contribution in [0.15, 0.2) is 42.5 Å². The third kappa shape index (κ3) is 4.40. The molecule has 0 aliphatic heterocycles. The van der Waals surface area contributed by atoms with E-state index in [2.05, 4.69) is 25.8 Å². The predicted molar refractivity (Wildman–Crippen MR) is 107 cm³/mol. The van der Waals surface area contributed by atoms with Crippen molar-refractivity contribution in [2.24, 2.45) is 0 Å². The van der Waals surface area contributed by atoms with Gasteiger partial charge in [-0.2, -0.15) is 5.10 Å². The fourth-order valence-corrected chi connectivity index (χ4v) is 2.83. The number of carbonyl (C=O) groups is 1. The molecular formula is C20H23N5O3. The van der Waals surface area contributed by atoms with E-state index >= 15 is 0 Å². The van der Waals surface area contributed by atoms with Gasteiger partial charge in [0.25, 0.3) is 0 Å². The van der Waals surface area contributed by atoms with Crippen molar-refractivity contribution in [3.63, 3.8) is 0 Å². The molecule has 28 heavy (non-hydrogen) atoms. The zero-order chi connectivity index (χ0) is 20.1. The fourth-order valence-electron chi connectivity index (χ4n) is 2.83. The highest BCUT2D eigenvalue weighted by Gasteiger charge is 2.15. The van der Waals surface area contributed by atoms with Crippen molar-refractivity contribution in [2.45, 2.75) is 19.9 Å². The van der Waals surface area contributed by atoms with Gasteiger partial charge in [0.1, 0.15) is 17.3 Å². The molecule has 1 aromatic heterocycles. The van der Waals surface area contributed by atoms with Crippen molar-refractivity contribution < 1.29 is 14.3 Å². The number of nitrogens with zero attached hydrogens (tertiary/aromatic N) is 2. The van der Waals surface area contributed by atoms with Gasteiger partial charge < -0.3 is 20.1 Å². The number of amides is 2. The number of rotatable bonds is 6. The number of hydrogen-bond acceptors (Lipinski definition) is 5. The second kappa shape index (κ2) is 8.43. The number of urea groups is 1. The summed E-state index contributed by atoms with van der Waals surface area (Å²) in [5.41, 5.74) is 2.31. The molecule has 8 heteroatoms. The van der Waals surface area contributed by atoms with E-state index in [1.165, 1.54) is 0 Å². The van der Waals surface area contributed by atoms with Crippen LogP contribution in [0.4, 0.5) is 10.5 Å². The molecule has 1 unspecified atom stereocenters. The summed E-state index contributed by atoms with van der Waals surface area (Å²) in [6, 6.07) is 12.2. The molecule has 2 aromatic carbocycles. The molecule has 0 bridgehead atoms. The quantitative estimate of drug-likeness (QED) is 0.605. The van der Waals surface area contributed by atoms with Gasteiger partial charge >= 0.3 is 6.03 Å².